The van der Waals surface area contributed by atoms with Gasteiger partial charge in [0.05, 0.1) is 19.6 Å². The first kappa shape index (κ1) is 15.3. The Kier molecular flexibility index (Phi) is 4.76. The molecule has 1 aliphatic rings. The molecular formula is C18H18FNO3. The molecule has 4 nitrogen and oxygen atoms in total. The number of carbonyl (C=O) groups excluding carboxylic acids is 1. The number of rotatable bonds is 4. The lowest BCUT2D eigenvalue weighted by Gasteiger charge is -2.10. The van der Waals surface area contributed by atoms with Crippen LogP contribution in [0.15, 0.2) is 42.5 Å². The van der Waals surface area contributed by atoms with E-state index in [9.17, 15) is 9.18 Å². The van der Waals surface area contributed by atoms with Crippen LogP contribution in [-0.4, -0.2) is 19.1 Å². The number of fused-ring (bicyclic) bond motifs is 1. The fourth-order valence-electron chi connectivity index (χ4n) is 2.40. The Bertz CT molecular complexity index is 702. The summed E-state index contributed by atoms with van der Waals surface area (Å²) in [5.74, 6) is 0.894. The van der Waals surface area contributed by atoms with E-state index in [1.165, 1.54) is 6.07 Å². The number of nitrogens with one attached hydrogen (secondary N) is 1. The Morgan fingerprint density at radius 1 is 1.09 bits per heavy atom. The third-order valence-corrected chi connectivity index (χ3v) is 3.61. The van der Waals surface area contributed by atoms with Crippen LogP contribution in [0.25, 0.3) is 0 Å². The van der Waals surface area contributed by atoms with Gasteiger partial charge in [0.15, 0.2) is 11.5 Å². The van der Waals surface area contributed by atoms with E-state index >= 15 is 0 Å². The van der Waals surface area contributed by atoms with Gasteiger partial charge in [-0.15, -0.1) is 0 Å². The average Bonchev–Trinajstić information content (AvgIpc) is 2.79. The summed E-state index contributed by atoms with van der Waals surface area (Å²) in [6.45, 7) is 1.42. The quantitative estimate of drug-likeness (QED) is 0.944. The van der Waals surface area contributed by atoms with Gasteiger partial charge in [-0.25, -0.2) is 4.39 Å². The van der Waals surface area contributed by atoms with Crippen LogP contribution < -0.4 is 14.8 Å². The second kappa shape index (κ2) is 7.13. The molecule has 0 saturated heterocycles. The zero-order chi connectivity index (χ0) is 16.1. The summed E-state index contributed by atoms with van der Waals surface area (Å²) in [5, 5.41) is 2.73. The van der Waals surface area contributed by atoms with E-state index in [0.717, 1.165) is 12.0 Å². The summed E-state index contributed by atoms with van der Waals surface area (Å²) >= 11 is 0. The Labute approximate surface area is 134 Å². The van der Waals surface area contributed by atoms with Gasteiger partial charge in [0.1, 0.15) is 5.82 Å². The van der Waals surface area contributed by atoms with Gasteiger partial charge in [0.2, 0.25) is 5.91 Å². The van der Waals surface area contributed by atoms with Gasteiger partial charge in [-0.3, -0.25) is 4.79 Å². The van der Waals surface area contributed by atoms with Crippen LogP contribution in [0.5, 0.6) is 11.5 Å². The van der Waals surface area contributed by atoms with E-state index in [2.05, 4.69) is 5.32 Å². The van der Waals surface area contributed by atoms with E-state index in [1.807, 2.05) is 18.2 Å². The number of carbonyl (C=O) groups is 1. The van der Waals surface area contributed by atoms with Crippen molar-refractivity contribution in [2.75, 3.05) is 13.2 Å². The van der Waals surface area contributed by atoms with Gasteiger partial charge in [-0.1, -0.05) is 24.3 Å². The Balaban J connectivity index is 1.60. The van der Waals surface area contributed by atoms with Crippen molar-refractivity contribution >= 4 is 5.91 Å². The summed E-state index contributed by atoms with van der Waals surface area (Å²) in [5.41, 5.74) is 1.31. The summed E-state index contributed by atoms with van der Waals surface area (Å²) in [7, 11) is 0. The second-order valence-electron chi connectivity index (χ2n) is 5.38. The summed E-state index contributed by atoms with van der Waals surface area (Å²) in [4.78, 5) is 12.0. The molecule has 0 aliphatic carbocycles. The molecule has 0 aromatic heterocycles. The molecule has 0 unspecified atom stereocenters. The molecule has 0 fully saturated rings. The van der Waals surface area contributed by atoms with Crippen molar-refractivity contribution in [1.29, 1.82) is 0 Å². The van der Waals surface area contributed by atoms with Crippen LogP contribution in [0.4, 0.5) is 4.39 Å². The first-order valence-electron chi connectivity index (χ1n) is 7.61. The van der Waals surface area contributed by atoms with Crippen LogP contribution in [0.2, 0.25) is 0 Å². The van der Waals surface area contributed by atoms with Crippen molar-refractivity contribution in [2.24, 2.45) is 0 Å². The van der Waals surface area contributed by atoms with Crippen molar-refractivity contribution in [3.63, 3.8) is 0 Å². The zero-order valence-electron chi connectivity index (χ0n) is 12.7. The van der Waals surface area contributed by atoms with Gasteiger partial charge in [0.25, 0.3) is 0 Å². The molecule has 1 heterocycles. The third-order valence-electron chi connectivity index (χ3n) is 3.61. The van der Waals surface area contributed by atoms with Crippen molar-refractivity contribution in [2.45, 2.75) is 19.4 Å². The lowest BCUT2D eigenvalue weighted by atomic mass is 10.1. The molecule has 0 saturated carbocycles. The summed E-state index contributed by atoms with van der Waals surface area (Å²) < 4.78 is 24.7. The number of ether oxygens (including phenoxy) is 2. The SMILES string of the molecule is O=C(Cc1ccc2c(c1)OCCCO2)NCc1ccccc1F. The van der Waals surface area contributed by atoms with Crippen molar-refractivity contribution in [3.8, 4) is 11.5 Å². The molecule has 1 N–H and O–H groups in total. The molecule has 3 rings (SSSR count). The number of hydrogen-bond acceptors (Lipinski definition) is 3. The van der Waals surface area contributed by atoms with Gasteiger partial charge in [0, 0.05) is 18.5 Å². The minimum Gasteiger partial charge on any atom is -0.490 e. The molecule has 0 bridgehead atoms. The molecule has 0 atom stereocenters. The maximum Gasteiger partial charge on any atom is 0.224 e. The predicted molar refractivity (Wildman–Crippen MR) is 84.0 cm³/mol. The minimum absolute atomic E-state index is 0.164. The fraction of sp³-hybridized carbons (Fsp3) is 0.278. The van der Waals surface area contributed by atoms with Crippen LogP contribution >= 0.6 is 0 Å². The Hall–Kier alpha value is -2.56. The van der Waals surface area contributed by atoms with Crippen LogP contribution in [0.3, 0.4) is 0 Å². The maximum absolute atomic E-state index is 13.5. The molecule has 2 aromatic carbocycles. The molecule has 23 heavy (non-hydrogen) atoms. The topological polar surface area (TPSA) is 47.6 Å². The van der Waals surface area contributed by atoms with Crippen LogP contribution in [-0.2, 0) is 17.8 Å². The standard InChI is InChI=1S/C18H18FNO3/c19-15-5-2-1-4-14(15)12-20-18(21)11-13-6-7-16-17(10-13)23-9-3-8-22-16/h1-2,4-7,10H,3,8-9,11-12H2,(H,20,21). The number of hydrogen-bond donors (Lipinski definition) is 1. The molecule has 2 aromatic rings. The van der Waals surface area contributed by atoms with Gasteiger partial charge in [-0.2, -0.15) is 0 Å². The average molecular weight is 315 g/mol. The fourth-order valence-corrected chi connectivity index (χ4v) is 2.40. The number of benzene rings is 2. The van der Waals surface area contributed by atoms with E-state index < -0.39 is 0 Å². The van der Waals surface area contributed by atoms with Crippen LogP contribution in [0.1, 0.15) is 17.5 Å². The normalized spacial score (nSPS) is 13.3. The van der Waals surface area contributed by atoms with Crippen molar-refractivity contribution < 1.29 is 18.7 Å². The molecule has 0 radical (unpaired) electrons. The minimum atomic E-state index is -0.316. The largest absolute Gasteiger partial charge is 0.490 e. The second-order valence-corrected chi connectivity index (χ2v) is 5.38. The summed E-state index contributed by atoms with van der Waals surface area (Å²) in [6, 6.07) is 11.9. The molecule has 1 aliphatic heterocycles. The first-order chi connectivity index (χ1) is 11.2. The number of amides is 1. The lowest BCUT2D eigenvalue weighted by Crippen LogP contribution is -2.25. The van der Waals surface area contributed by atoms with Gasteiger partial charge >= 0.3 is 0 Å². The van der Waals surface area contributed by atoms with Crippen molar-refractivity contribution in [1.82, 2.24) is 5.32 Å². The monoisotopic (exact) mass is 315 g/mol. The highest BCUT2D eigenvalue weighted by Gasteiger charge is 2.12. The zero-order valence-corrected chi connectivity index (χ0v) is 12.7. The number of halogens is 1. The Morgan fingerprint density at radius 2 is 1.87 bits per heavy atom. The highest BCUT2D eigenvalue weighted by molar-refractivity contribution is 5.78. The Morgan fingerprint density at radius 3 is 2.70 bits per heavy atom. The molecular weight excluding hydrogens is 297 g/mol. The van der Waals surface area contributed by atoms with E-state index in [-0.39, 0.29) is 24.7 Å². The van der Waals surface area contributed by atoms with E-state index in [4.69, 9.17) is 9.47 Å². The lowest BCUT2D eigenvalue weighted by molar-refractivity contribution is -0.120. The predicted octanol–water partition coefficient (Wildman–Crippen LogP) is 2.85. The summed E-state index contributed by atoms with van der Waals surface area (Å²) in [6.07, 6.45) is 1.05. The van der Waals surface area contributed by atoms with E-state index in [1.54, 1.807) is 18.2 Å². The highest BCUT2D eigenvalue weighted by Crippen LogP contribution is 2.30. The molecule has 1 amide bonds. The first-order valence-corrected chi connectivity index (χ1v) is 7.61. The molecule has 120 valence electrons. The highest BCUT2D eigenvalue weighted by atomic mass is 19.1. The van der Waals surface area contributed by atoms with Gasteiger partial charge in [-0.05, 0) is 23.8 Å². The maximum atomic E-state index is 13.5. The smallest absolute Gasteiger partial charge is 0.224 e. The third kappa shape index (κ3) is 4.00. The van der Waals surface area contributed by atoms with Gasteiger partial charge < -0.3 is 14.8 Å². The van der Waals surface area contributed by atoms with E-state index in [0.29, 0.717) is 30.3 Å². The van der Waals surface area contributed by atoms with Crippen LogP contribution in [0, 0.1) is 5.82 Å². The molecule has 5 heteroatoms. The molecule has 0 spiro atoms. The van der Waals surface area contributed by atoms with Crippen molar-refractivity contribution in [3.05, 3.63) is 59.4 Å².